The van der Waals surface area contributed by atoms with Crippen LogP contribution in [0, 0.1) is 18.8 Å². The molecule has 1 fully saturated rings. The quantitative estimate of drug-likeness (QED) is 0.607. The van der Waals surface area contributed by atoms with E-state index in [1.54, 1.807) is 31.2 Å². The van der Waals surface area contributed by atoms with E-state index in [4.69, 9.17) is 33.3 Å². The van der Waals surface area contributed by atoms with Gasteiger partial charge in [-0.25, -0.2) is 0 Å². The highest BCUT2D eigenvalue weighted by molar-refractivity contribution is 6.32. The zero-order valence-electron chi connectivity index (χ0n) is 15.7. The van der Waals surface area contributed by atoms with Gasteiger partial charge in [-0.15, -0.1) is 0 Å². The Kier molecular flexibility index (Phi) is 6.63. The van der Waals surface area contributed by atoms with Gasteiger partial charge in [0.2, 0.25) is 0 Å². The molecule has 0 bridgehead atoms. The van der Waals surface area contributed by atoms with Crippen LogP contribution < -0.4 is 0 Å². The SMILES string of the molecule is Cc1cc(Cl)cc(C(=NCC2CCC(C(=O)O)CC2)c2ccc(Cl)cc2)c1O. The Balaban J connectivity index is 1.90. The van der Waals surface area contributed by atoms with Crippen LogP contribution in [0.5, 0.6) is 5.75 Å². The zero-order chi connectivity index (χ0) is 20.3. The lowest BCUT2D eigenvalue weighted by Crippen LogP contribution is -2.23. The fourth-order valence-electron chi connectivity index (χ4n) is 3.67. The highest BCUT2D eigenvalue weighted by Crippen LogP contribution is 2.32. The van der Waals surface area contributed by atoms with Crippen LogP contribution >= 0.6 is 23.2 Å². The lowest BCUT2D eigenvalue weighted by Gasteiger charge is -2.25. The molecule has 148 valence electrons. The molecule has 0 atom stereocenters. The van der Waals surface area contributed by atoms with E-state index in [2.05, 4.69) is 0 Å². The van der Waals surface area contributed by atoms with E-state index >= 15 is 0 Å². The largest absolute Gasteiger partial charge is 0.507 e. The van der Waals surface area contributed by atoms with Crippen molar-refractivity contribution in [1.82, 2.24) is 0 Å². The number of aryl methyl sites for hydroxylation is 1. The van der Waals surface area contributed by atoms with Crippen LogP contribution in [0.3, 0.4) is 0 Å². The van der Waals surface area contributed by atoms with Gasteiger partial charge in [0.15, 0.2) is 0 Å². The number of hydrogen-bond donors (Lipinski definition) is 2. The molecule has 0 spiro atoms. The molecule has 6 heteroatoms. The average Bonchev–Trinajstić information content (AvgIpc) is 2.67. The summed E-state index contributed by atoms with van der Waals surface area (Å²) in [7, 11) is 0. The molecule has 2 aromatic carbocycles. The molecule has 0 aromatic heterocycles. The van der Waals surface area contributed by atoms with Crippen molar-refractivity contribution in [1.29, 1.82) is 0 Å². The van der Waals surface area contributed by atoms with Gasteiger partial charge in [0.25, 0.3) is 0 Å². The predicted octanol–water partition coefficient (Wildman–Crippen LogP) is 5.74. The maximum atomic E-state index is 11.1. The van der Waals surface area contributed by atoms with Crippen molar-refractivity contribution >= 4 is 34.9 Å². The highest BCUT2D eigenvalue weighted by Gasteiger charge is 2.26. The number of carboxylic acid groups (broad SMARTS) is 1. The van der Waals surface area contributed by atoms with Gasteiger partial charge in [0, 0.05) is 27.7 Å². The molecule has 2 N–H and O–H groups in total. The minimum absolute atomic E-state index is 0.160. The highest BCUT2D eigenvalue weighted by atomic mass is 35.5. The number of hydrogen-bond acceptors (Lipinski definition) is 3. The molecule has 0 amide bonds. The summed E-state index contributed by atoms with van der Waals surface area (Å²) < 4.78 is 0. The van der Waals surface area contributed by atoms with Gasteiger partial charge in [0.05, 0.1) is 11.6 Å². The van der Waals surface area contributed by atoms with Gasteiger partial charge in [-0.1, -0.05) is 35.3 Å². The second-order valence-electron chi connectivity index (χ2n) is 7.37. The average molecular weight is 420 g/mol. The number of aliphatic imine (C=N–C) groups is 1. The molecule has 1 saturated carbocycles. The van der Waals surface area contributed by atoms with Crippen molar-refractivity contribution in [2.75, 3.05) is 6.54 Å². The standard InChI is InChI=1S/C22H23Cl2NO3/c1-13-10-18(24)11-19(21(13)26)20(15-6-8-17(23)9-7-15)25-12-14-2-4-16(5-3-14)22(27)28/h6-11,14,16,26H,2-5,12H2,1H3,(H,27,28). The van der Waals surface area contributed by atoms with Crippen molar-refractivity contribution in [2.24, 2.45) is 16.8 Å². The summed E-state index contributed by atoms with van der Waals surface area (Å²) in [6.07, 6.45) is 3.06. The molecular formula is C22H23Cl2NO3. The van der Waals surface area contributed by atoms with Crippen molar-refractivity contribution in [3.8, 4) is 5.75 Å². The molecule has 0 aliphatic heterocycles. The Hall–Kier alpha value is -2.04. The fourth-order valence-corrected chi connectivity index (χ4v) is 4.07. The van der Waals surface area contributed by atoms with Crippen molar-refractivity contribution in [3.63, 3.8) is 0 Å². The first-order valence-electron chi connectivity index (χ1n) is 9.38. The minimum Gasteiger partial charge on any atom is -0.507 e. The third kappa shape index (κ3) is 4.86. The first-order chi connectivity index (χ1) is 13.3. The Labute approximate surface area is 174 Å². The van der Waals surface area contributed by atoms with Gasteiger partial charge >= 0.3 is 5.97 Å². The number of phenolic OH excluding ortho intramolecular Hbond substituents is 1. The van der Waals surface area contributed by atoms with Crippen LogP contribution in [-0.2, 0) is 4.79 Å². The van der Waals surface area contributed by atoms with Gasteiger partial charge in [-0.2, -0.15) is 0 Å². The Morgan fingerprint density at radius 3 is 2.32 bits per heavy atom. The zero-order valence-corrected chi connectivity index (χ0v) is 17.2. The van der Waals surface area contributed by atoms with E-state index < -0.39 is 5.97 Å². The number of nitrogens with zero attached hydrogens (tertiary/aromatic N) is 1. The molecule has 0 radical (unpaired) electrons. The predicted molar refractivity (Wildman–Crippen MR) is 113 cm³/mol. The number of aliphatic carboxylic acids is 1. The maximum absolute atomic E-state index is 11.1. The first-order valence-corrected chi connectivity index (χ1v) is 10.1. The van der Waals surface area contributed by atoms with E-state index in [1.807, 2.05) is 12.1 Å². The number of phenols is 1. The number of rotatable bonds is 5. The summed E-state index contributed by atoms with van der Waals surface area (Å²) in [5.74, 6) is -0.452. The lowest BCUT2D eigenvalue weighted by atomic mass is 9.82. The molecule has 28 heavy (non-hydrogen) atoms. The van der Waals surface area contributed by atoms with Gasteiger partial charge < -0.3 is 10.2 Å². The van der Waals surface area contributed by atoms with Gasteiger partial charge in [0.1, 0.15) is 5.75 Å². The van der Waals surface area contributed by atoms with E-state index in [1.165, 1.54) is 0 Å². The molecule has 3 rings (SSSR count). The van der Waals surface area contributed by atoms with Crippen molar-refractivity contribution in [2.45, 2.75) is 32.6 Å². The molecule has 0 unspecified atom stereocenters. The lowest BCUT2D eigenvalue weighted by molar-refractivity contribution is -0.143. The molecule has 4 nitrogen and oxygen atoms in total. The molecule has 1 aliphatic rings. The molecule has 0 heterocycles. The number of carbonyl (C=O) groups is 1. The van der Waals surface area contributed by atoms with Crippen LogP contribution in [0.2, 0.25) is 10.0 Å². The summed E-state index contributed by atoms with van der Waals surface area (Å²) in [5, 5.41) is 20.9. The summed E-state index contributed by atoms with van der Waals surface area (Å²) in [6, 6.07) is 10.8. The Morgan fingerprint density at radius 1 is 1.07 bits per heavy atom. The summed E-state index contributed by atoms with van der Waals surface area (Å²) in [4.78, 5) is 16.0. The number of benzene rings is 2. The van der Waals surface area contributed by atoms with E-state index in [0.29, 0.717) is 52.2 Å². The van der Waals surface area contributed by atoms with Gasteiger partial charge in [-0.3, -0.25) is 9.79 Å². The Morgan fingerprint density at radius 2 is 1.71 bits per heavy atom. The number of carboxylic acids is 1. The first kappa shape index (κ1) is 20.7. The van der Waals surface area contributed by atoms with Crippen LogP contribution in [0.1, 0.15) is 42.4 Å². The summed E-state index contributed by atoms with van der Waals surface area (Å²) in [5.41, 5.74) is 2.79. The van der Waals surface area contributed by atoms with Crippen molar-refractivity contribution in [3.05, 3.63) is 63.1 Å². The molecule has 1 aliphatic carbocycles. The van der Waals surface area contributed by atoms with E-state index in [-0.39, 0.29) is 11.7 Å². The normalized spacial score (nSPS) is 20.2. The van der Waals surface area contributed by atoms with Crippen LogP contribution in [0.15, 0.2) is 41.4 Å². The Bertz CT molecular complexity index is 885. The number of halogens is 2. The molecule has 2 aromatic rings. The molecular weight excluding hydrogens is 397 g/mol. The fraction of sp³-hybridized carbons (Fsp3) is 0.364. The molecule has 0 saturated heterocycles. The minimum atomic E-state index is -0.705. The van der Waals surface area contributed by atoms with Crippen LogP contribution in [0.25, 0.3) is 0 Å². The monoisotopic (exact) mass is 419 g/mol. The summed E-state index contributed by atoms with van der Waals surface area (Å²) >= 11 is 12.3. The smallest absolute Gasteiger partial charge is 0.306 e. The van der Waals surface area contributed by atoms with Gasteiger partial charge in [-0.05, 0) is 68.4 Å². The van der Waals surface area contributed by atoms with Crippen LogP contribution in [0.4, 0.5) is 0 Å². The maximum Gasteiger partial charge on any atom is 0.306 e. The second-order valence-corrected chi connectivity index (χ2v) is 8.24. The second kappa shape index (κ2) is 8.97. The van der Waals surface area contributed by atoms with E-state index in [9.17, 15) is 9.90 Å². The van der Waals surface area contributed by atoms with Crippen molar-refractivity contribution < 1.29 is 15.0 Å². The summed E-state index contributed by atoms with van der Waals surface area (Å²) in [6.45, 7) is 2.38. The third-order valence-corrected chi connectivity index (χ3v) is 5.81. The topological polar surface area (TPSA) is 69.9 Å². The van der Waals surface area contributed by atoms with Crippen LogP contribution in [-0.4, -0.2) is 28.4 Å². The number of aromatic hydroxyl groups is 1. The van der Waals surface area contributed by atoms with E-state index in [0.717, 1.165) is 18.4 Å². The third-order valence-electron chi connectivity index (χ3n) is 5.34.